The Hall–Kier alpha value is -2.69. The Morgan fingerprint density at radius 2 is 1.72 bits per heavy atom. The predicted molar refractivity (Wildman–Crippen MR) is 118 cm³/mol. The standard InChI is InChI=1S/C23H19Cl2N3O/c1-29-16-9-6-14(7-10-16)22-13-20(15-8-11-17(24)18(25)12-15)27-23-26-19-4-2-3-5-21(19)28(22)23/h2-12,20,22H,13H2,1H3,(H,26,27)/t20-,22+/m1/s1. The zero-order valence-electron chi connectivity index (χ0n) is 15.8. The summed E-state index contributed by atoms with van der Waals surface area (Å²) in [5.41, 5.74) is 4.39. The van der Waals surface area contributed by atoms with Crippen molar-refractivity contribution in [3.05, 3.63) is 87.9 Å². The van der Waals surface area contributed by atoms with Gasteiger partial charge in [-0.05, 0) is 53.9 Å². The summed E-state index contributed by atoms with van der Waals surface area (Å²) in [6, 6.07) is 22.5. The van der Waals surface area contributed by atoms with Crippen molar-refractivity contribution in [1.29, 1.82) is 0 Å². The molecule has 2 heterocycles. The molecule has 0 saturated heterocycles. The van der Waals surface area contributed by atoms with E-state index in [2.05, 4.69) is 28.1 Å². The molecule has 1 aliphatic heterocycles. The summed E-state index contributed by atoms with van der Waals surface area (Å²) < 4.78 is 7.62. The molecule has 6 heteroatoms. The van der Waals surface area contributed by atoms with Crippen LogP contribution in [0.5, 0.6) is 5.75 Å². The second-order valence-electron chi connectivity index (χ2n) is 7.19. The Kier molecular flexibility index (Phi) is 4.61. The molecular weight excluding hydrogens is 405 g/mol. The first-order valence-corrected chi connectivity index (χ1v) is 10.2. The summed E-state index contributed by atoms with van der Waals surface area (Å²) in [4.78, 5) is 4.85. The van der Waals surface area contributed by atoms with Crippen molar-refractivity contribution in [1.82, 2.24) is 9.55 Å². The molecule has 0 unspecified atom stereocenters. The minimum Gasteiger partial charge on any atom is -0.497 e. The minimum absolute atomic E-state index is 0.0705. The first-order chi connectivity index (χ1) is 14.1. The van der Waals surface area contributed by atoms with E-state index >= 15 is 0 Å². The summed E-state index contributed by atoms with van der Waals surface area (Å²) in [7, 11) is 1.68. The van der Waals surface area contributed by atoms with Gasteiger partial charge in [-0.1, -0.05) is 53.5 Å². The summed E-state index contributed by atoms with van der Waals surface area (Å²) >= 11 is 12.4. The molecule has 29 heavy (non-hydrogen) atoms. The molecule has 4 nitrogen and oxygen atoms in total. The van der Waals surface area contributed by atoms with Crippen LogP contribution < -0.4 is 10.1 Å². The molecular formula is C23H19Cl2N3O. The van der Waals surface area contributed by atoms with E-state index in [0.29, 0.717) is 10.0 Å². The predicted octanol–water partition coefficient (Wildman–Crippen LogP) is 6.50. The molecule has 0 saturated carbocycles. The third-order valence-corrected chi connectivity index (χ3v) is 6.26. The first-order valence-electron chi connectivity index (χ1n) is 9.46. The highest BCUT2D eigenvalue weighted by atomic mass is 35.5. The molecule has 1 aromatic heterocycles. The van der Waals surface area contributed by atoms with E-state index in [1.165, 1.54) is 5.56 Å². The minimum atomic E-state index is 0.0705. The molecule has 0 amide bonds. The van der Waals surface area contributed by atoms with E-state index in [1.54, 1.807) is 7.11 Å². The Morgan fingerprint density at radius 1 is 0.966 bits per heavy atom. The second-order valence-corrected chi connectivity index (χ2v) is 8.00. The number of nitrogens with one attached hydrogen (secondary N) is 1. The van der Waals surface area contributed by atoms with E-state index in [9.17, 15) is 0 Å². The molecule has 5 rings (SSSR count). The Bertz CT molecular complexity index is 1190. The van der Waals surface area contributed by atoms with Gasteiger partial charge in [-0.15, -0.1) is 0 Å². The summed E-state index contributed by atoms with van der Waals surface area (Å²) in [5.74, 6) is 1.70. The van der Waals surface area contributed by atoms with E-state index < -0.39 is 0 Å². The number of aromatic nitrogens is 2. The molecule has 0 aliphatic carbocycles. The summed E-state index contributed by atoms with van der Waals surface area (Å²) in [5, 5.41) is 4.72. The Balaban J connectivity index is 1.63. The number of fused-ring (bicyclic) bond motifs is 3. The maximum atomic E-state index is 6.29. The molecule has 0 bridgehead atoms. The highest BCUT2D eigenvalue weighted by Gasteiger charge is 2.31. The van der Waals surface area contributed by atoms with Gasteiger partial charge < -0.3 is 14.6 Å². The van der Waals surface area contributed by atoms with Gasteiger partial charge in [0.15, 0.2) is 0 Å². The van der Waals surface area contributed by atoms with Crippen LogP contribution in [0, 0.1) is 0 Å². The number of benzene rings is 3. The lowest BCUT2D eigenvalue weighted by molar-refractivity contribution is 0.414. The number of imidazole rings is 1. The third-order valence-electron chi connectivity index (χ3n) is 5.52. The van der Waals surface area contributed by atoms with E-state index in [-0.39, 0.29) is 12.1 Å². The molecule has 146 valence electrons. The van der Waals surface area contributed by atoms with Crippen molar-refractivity contribution in [3.63, 3.8) is 0 Å². The van der Waals surface area contributed by atoms with Crippen molar-refractivity contribution < 1.29 is 4.74 Å². The zero-order valence-corrected chi connectivity index (χ0v) is 17.3. The Morgan fingerprint density at radius 3 is 2.48 bits per heavy atom. The van der Waals surface area contributed by atoms with Crippen LogP contribution in [0.2, 0.25) is 10.0 Å². The summed E-state index contributed by atoms with van der Waals surface area (Å²) in [6.45, 7) is 0. The van der Waals surface area contributed by atoms with Crippen LogP contribution in [-0.4, -0.2) is 16.7 Å². The van der Waals surface area contributed by atoms with Crippen molar-refractivity contribution in [2.24, 2.45) is 0 Å². The third kappa shape index (κ3) is 3.22. The van der Waals surface area contributed by atoms with Crippen molar-refractivity contribution in [2.75, 3.05) is 12.4 Å². The molecule has 3 aromatic carbocycles. The van der Waals surface area contributed by atoms with Crippen LogP contribution in [0.1, 0.15) is 29.6 Å². The van der Waals surface area contributed by atoms with Crippen molar-refractivity contribution >= 4 is 40.2 Å². The van der Waals surface area contributed by atoms with Crippen LogP contribution in [0.3, 0.4) is 0 Å². The van der Waals surface area contributed by atoms with Gasteiger partial charge in [0.05, 0.1) is 40.3 Å². The topological polar surface area (TPSA) is 39.1 Å². The normalized spacial score (nSPS) is 18.3. The fraction of sp³-hybridized carbons (Fsp3) is 0.174. The average molecular weight is 424 g/mol. The molecule has 0 spiro atoms. The number of hydrogen-bond donors (Lipinski definition) is 1. The molecule has 2 atom stereocenters. The van der Waals surface area contributed by atoms with Gasteiger partial charge in [-0.25, -0.2) is 4.98 Å². The lowest BCUT2D eigenvalue weighted by Gasteiger charge is -2.33. The molecule has 0 fully saturated rings. The van der Waals surface area contributed by atoms with Gasteiger partial charge in [-0.2, -0.15) is 0 Å². The quantitative estimate of drug-likeness (QED) is 0.408. The zero-order chi connectivity index (χ0) is 20.0. The molecule has 1 aliphatic rings. The fourth-order valence-electron chi connectivity index (χ4n) is 4.06. The molecule has 4 aromatic rings. The van der Waals surface area contributed by atoms with Gasteiger partial charge in [-0.3, -0.25) is 0 Å². The highest BCUT2D eigenvalue weighted by molar-refractivity contribution is 6.42. The fourth-order valence-corrected chi connectivity index (χ4v) is 4.37. The second kappa shape index (κ2) is 7.29. The van der Waals surface area contributed by atoms with Gasteiger partial charge in [0.25, 0.3) is 0 Å². The van der Waals surface area contributed by atoms with Crippen LogP contribution >= 0.6 is 23.2 Å². The number of hydrogen-bond acceptors (Lipinski definition) is 3. The number of anilines is 1. The summed E-state index contributed by atoms with van der Waals surface area (Å²) in [6.07, 6.45) is 0.859. The number of halogens is 2. The van der Waals surface area contributed by atoms with Crippen molar-refractivity contribution in [2.45, 2.75) is 18.5 Å². The average Bonchev–Trinajstić information content (AvgIpc) is 3.13. The van der Waals surface area contributed by atoms with Crippen LogP contribution in [-0.2, 0) is 0 Å². The van der Waals surface area contributed by atoms with Crippen LogP contribution in [0.15, 0.2) is 66.7 Å². The van der Waals surface area contributed by atoms with Gasteiger partial charge in [0.1, 0.15) is 5.75 Å². The van der Waals surface area contributed by atoms with Gasteiger partial charge in [0, 0.05) is 0 Å². The largest absolute Gasteiger partial charge is 0.497 e. The van der Waals surface area contributed by atoms with E-state index in [1.807, 2.05) is 48.5 Å². The molecule has 0 radical (unpaired) electrons. The number of ether oxygens (including phenoxy) is 1. The number of nitrogens with zero attached hydrogens (tertiary/aromatic N) is 2. The first kappa shape index (κ1) is 18.3. The van der Waals surface area contributed by atoms with Crippen molar-refractivity contribution in [3.8, 4) is 5.75 Å². The smallest absolute Gasteiger partial charge is 0.204 e. The lowest BCUT2D eigenvalue weighted by atomic mass is 9.93. The maximum absolute atomic E-state index is 6.29. The van der Waals surface area contributed by atoms with E-state index in [0.717, 1.165) is 34.7 Å². The monoisotopic (exact) mass is 423 g/mol. The van der Waals surface area contributed by atoms with Crippen LogP contribution in [0.25, 0.3) is 11.0 Å². The SMILES string of the molecule is COc1ccc([C@@H]2C[C@H](c3ccc(Cl)c(Cl)c3)Nc3nc4ccccc4n32)cc1. The number of para-hydroxylation sites is 2. The number of methoxy groups -OCH3 is 1. The van der Waals surface area contributed by atoms with Gasteiger partial charge >= 0.3 is 0 Å². The van der Waals surface area contributed by atoms with Crippen LogP contribution in [0.4, 0.5) is 5.95 Å². The molecule has 1 N–H and O–H groups in total. The Labute approximate surface area is 179 Å². The van der Waals surface area contributed by atoms with Gasteiger partial charge in [0.2, 0.25) is 5.95 Å². The lowest BCUT2D eigenvalue weighted by Crippen LogP contribution is -2.27. The number of rotatable bonds is 3. The maximum Gasteiger partial charge on any atom is 0.204 e. The van der Waals surface area contributed by atoms with E-state index in [4.69, 9.17) is 32.9 Å². The highest BCUT2D eigenvalue weighted by Crippen LogP contribution is 2.42.